The molecule has 0 fully saturated rings. The fourth-order valence-corrected chi connectivity index (χ4v) is 1.79. The first-order valence-electron chi connectivity index (χ1n) is 6.67. The summed E-state index contributed by atoms with van der Waals surface area (Å²) in [5, 5.41) is 2.70. The summed E-state index contributed by atoms with van der Waals surface area (Å²) < 4.78 is 33.6. The topological polar surface area (TPSA) is 47.6 Å². The molecule has 0 saturated heterocycles. The molecular formula is C16H15F2NO3. The molecule has 0 aromatic heterocycles. The Morgan fingerprint density at radius 1 is 1.05 bits per heavy atom. The van der Waals surface area contributed by atoms with E-state index in [0.717, 1.165) is 0 Å². The van der Waals surface area contributed by atoms with Crippen LogP contribution in [0.1, 0.15) is 17.3 Å². The van der Waals surface area contributed by atoms with Gasteiger partial charge >= 0.3 is 6.61 Å². The van der Waals surface area contributed by atoms with Crippen molar-refractivity contribution in [3.8, 4) is 11.5 Å². The number of alkyl halides is 2. The van der Waals surface area contributed by atoms with Gasteiger partial charge in [-0.1, -0.05) is 0 Å². The van der Waals surface area contributed by atoms with Gasteiger partial charge in [0.25, 0.3) is 5.91 Å². The minimum atomic E-state index is -2.89. The molecule has 2 aromatic rings. The highest BCUT2D eigenvalue weighted by Crippen LogP contribution is 2.18. The Balaban J connectivity index is 1.99. The maximum absolute atomic E-state index is 12.0. The predicted octanol–water partition coefficient (Wildman–Crippen LogP) is 3.94. The summed E-state index contributed by atoms with van der Waals surface area (Å²) >= 11 is 0. The lowest BCUT2D eigenvalue weighted by Gasteiger charge is -2.08. The number of halogens is 2. The Bertz CT molecular complexity index is 612. The molecule has 22 heavy (non-hydrogen) atoms. The monoisotopic (exact) mass is 307 g/mol. The number of carbonyl (C=O) groups excluding carboxylic acids is 1. The second-order valence-corrected chi connectivity index (χ2v) is 4.31. The SMILES string of the molecule is CCOc1ccc(NC(=O)c2ccc(OC(F)F)cc2)cc1. The van der Waals surface area contributed by atoms with E-state index in [1.807, 2.05) is 6.92 Å². The summed E-state index contributed by atoms with van der Waals surface area (Å²) in [7, 11) is 0. The first-order chi connectivity index (χ1) is 10.6. The third-order valence-corrected chi connectivity index (χ3v) is 2.76. The van der Waals surface area contributed by atoms with Crippen LogP contribution in [0, 0.1) is 0 Å². The second kappa shape index (κ2) is 7.40. The van der Waals surface area contributed by atoms with Gasteiger partial charge in [-0.05, 0) is 55.5 Å². The van der Waals surface area contributed by atoms with Gasteiger partial charge < -0.3 is 14.8 Å². The Kier molecular flexibility index (Phi) is 5.30. The molecule has 0 spiro atoms. The zero-order valence-electron chi connectivity index (χ0n) is 11.9. The number of hydrogen-bond donors (Lipinski definition) is 1. The number of benzene rings is 2. The number of carbonyl (C=O) groups is 1. The lowest BCUT2D eigenvalue weighted by molar-refractivity contribution is -0.0498. The average molecular weight is 307 g/mol. The lowest BCUT2D eigenvalue weighted by Crippen LogP contribution is -2.11. The van der Waals surface area contributed by atoms with E-state index in [4.69, 9.17) is 4.74 Å². The largest absolute Gasteiger partial charge is 0.494 e. The quantitative estimate of drug-likeness (QED) is 0.879. The maximum atomic E-state index is 12.0. The van der Waals surface area contributed by atoms with Crippen LogP contribution in [0.15, 0.2) is 48.5 Å². The number of rotatable bonds is 6. The highest BCUT2D eigenvalue weighted by Gasteiger charge is 2.08. The van der Waals surface area contributed by atoms with Crippen molar-refractivity contribution >= 4 is 11.6 Å². The van der Waals surface area contributed by atoms with Crippen molar-refractivity contribution in [1.29, 1.82) is 0 Å². The van der Waals surface area contributed by atoms with Gasteiger partial charge in [0, 0.05) is 11.3 Å². The molecule has 0 aliphatic heterocycles. The summed E-state index contributed by atoms with van der Waals surface area (Å²) in [5.41, 5.74) is 0.955. The first-order valence-corrected chi connectivity index (χ1v) is 6.67. The van der Waals surface area contributed by atoms with Gasteiger partial charge in [0.15, 0.2) is 0 Å². The number of hydrogen-bond acceptors (Lipinski definition) is 3. The standard InChI is InChI=1S/C16H15F2NO3/c1-2-21-13-9-5-12(6-10-13)19-15(20)11-3-7-14(8-4-11)22-16(17)18/h3-10,16H,2H2,1H3,(H,19,20). The number of nitrogens with one attached hydrogen (secondary N) is 1. The van der Waals surface area contributed by atoms with Gasteiger partial charge in [0.2, 0.25) is 0 Å². The molecule has 0 saturated carbocycles. The van der Waals surface area contributed by atoms with Crippen molar-refractivity contribution in [1.82, 2.24) is 0 Å². The molecule has 0 aliphatic carbocycles. The lowest BCUT2D eigenvalue weighted by atomic mass is 10.2. The van der Waals surface area contributed by atoms with Crippen LogP contribution in [0.3, 0.4) is 0 Å². The highest BCUT2D eigenvalue weighted by molar-refractivity contribution is 6.04. The van der Waals surface area contributed by atoms with E-state index in [9.17, 15) is 13.6 Å². The smallest absolute Gasteiger partial charge is 0.387 e. The maximum Gasteiger partial charge on any atom is 0.387 e. The molecule has 0 unspecified atom stereocenters. The third-order valence-electron chi connectivity index (χ3n) is 2.76. The molecule has 6 heteroatoms. The second-order valence-electron chi connectivity index (χ2n) is 4.31. The molecule has 0 radical (unpaired) electrons. The molecule has 116 valence electrons. The minimum absolute atomic E-state index is 0.00705. The van der Waals surface area contributed by atoms with Crippen molar-refractivity contribution in [2.75, 3.05) is 11.9 Å². The minimum Gasteiger partial charge on any atom is -0.494 e. The van der Waals surface area contributed by atoms with Gasteiger partial charge in [-0.2, -0.15) is 8.78 Å². The molecule has 0 bridgehead atoms. The fraction of sp³-hybridized carbons (Fsp3) is 0.188. The van der Waals surface area contributed by atoms with Crippen LogP contribution < -0.4 is 14.8 Å². The fourth-order valence-electron chi connectivity index (χ4n) is 1.79. The Labute approximate surface area is 126 Å². The van der Waals surface area contributed by atoms with E-state index >= 15 is 0 Å². The van der Waals surface area contributed by atoms with E-state index in [-0.39, 0.29) is 11.7 Å². The van der Waals surface area contributed by atoms with E-state index in [1.54, 1.807) is 24.3 Å². The van der Waals surface area contributed by atoms with Crippen molar-refractivity contribution in [2.45, 2.75) is 13.5 Å². The van der Waals surface area contributed by atoms with E-state index in [2.05, 4.69) is 10.1 Å². The van der Waals surface area contributed by atoms with E-state index in [0.29, 0.717) is 23.6 Å². The zero-order valence-corrected chi connectivity index (χ0v) is 11.9. The van der Waals surface area contributed by atoms with Gasteiger partial charge in [0.05, 0.1) is 6.61 Å². The summed E-state index contributed by atoms with van der Waals surface area (Å²) in [6.07, 6.45) is 0. The summed E-state index contributed by atoms with van der Waals surface area (Å²) in [5.74, 6) is 0.384. The zero-order chi connectivity index (χ0) is 15.9. The van der Waals surface area contributed by atoms with Crippen molar-refractivity contribution in [3.05, 3.63) is 54.1 Å². The van der Waals surface area contributed by atoms with Crippen LogP contribution in [0.25, 0.3) is 0 Å². The molecule has 0 atom stereocenters. The molecule has 4 nitrogen and oxygen atoms in total. The van der Waals surface area contributed by atoms with E-state index < -0.39 is 6.61 Å². The Hall–Kier alpha value is -2.63. The molecule has 2 aromatic carbocycles. The third kappa shape index (κ3) is 4.44. The molecular weight excluding hydrogens is 292 g/mol. The molecule has 0 aliphatic rings. The predicted molar refractivity (Wildman–Crippen MR) is 78.6 cm³/mol. The van der Waals surface area contributed by atoms with Crippen LogP contribution in [0.5, 0.6) is 11.5 Å². The normalized spacial score (nSPS) is 10.4. The van der Waals surface area contributed by atoms with Crippen molar-refractivity contribution in [2.24, 2.45) is 0 Å². The van der Waals surface area contributed by atoms with Crippen LogP contribution in [-0.2, 0) is 0 Å². The Morgan fingerprint density at radius 3 is 2.18 bits per heavy atom. The van der Waals surface area contributed by atoms with Crippen LogP contribution in [0.4, 0.5) is 14.5 Å². The molecule has 2 rings (SSSR count). The number of ether oxygens (including phenoxy) is 2. The number of amides is 1. The van der Waals surface area contributed by atoms with Gasteiger partial charge in [-0.25, -0.2) is 0 Å². The van der Waals surface area contributed by atoms with Crippen LogP contribution in [-0.4, -0.2) is 19.1 Å². The van der Waals surface area contributed by atoms with Crippen LogP contribution >= 0.6 is 0 Å². The first kappa shape index (κ1) is 15.8. The number of anilines is 1. The van der Waals surface area contributed by atoms with Crippen LogP contribution in [0.2, 0.25) is 0 Å². The van der Waals surface area contributed by atoms with Crippen molar-refractivity contribution in [3.63, 3.8) is 0 Å². The molecule has 1 amide bonds. The summed E-state index contributed by atoms with van der Waals surface area (Å²) in [6, 6.07) is 12.4. The van der Waals surface area contributed by atoms with Gasteiger partial charge in [0.1, 0.15) is 11.5 Å². The van der Waals surface area contributed by atoms with Gasteiger partial charge in [-0.15, -0.1) is 0 Å². The Morgan fingerprint density at radius 2 is 1.64 bits per heavy atom. The van der Waals surface area contributed by atoms with Crippen molar-refractivity contribution < 1.29 is 23.0 Å². The highest BCUT2D eigenvalue weighted by atomic mass is 19.3. The molecule has 0 heterocycles. The van der Waals surface area contributed by atoms with Gasteiger partial charge in [-0.3, -0.25) is 4.79 Å². The summed E-state index contributed by atoms with van der Waals surface area (Å²) in [4.78, 5) is 12.0. The van der Waals surface area contributed by atoms with E-state index in [1.165, 1.54) is 24.3 Å². The summed E-state index contributed by atoms with van der Waals surface area (Å²) in [6.45, 7) is -0.431. The molecule has 1 N–H and O–H groups in total. The average Bonchev–Trinajstić information content (AvgIpc) is 2.49.